The molecule has 0 atom stereocenters. The molecule has 0 aliphatic carbocycles. The van der Waals surface area contributed by atoms with Gasteiger partial charge in [0.25, 0.3) is 15.9 Å². The van der Waals surface area contributed by atoms with Crippen LogP contribution in [-0.2, 0) is 14.8 Å². The van der Waals surface area contributed by atoms with E-state index in [-0.39, 0.29) is 22.9 Å². The number of nitrogen functional groups attached to an aromatic ring is 1. The first kappa shape index (κ1) is 21.1. The van der Waals surface area contributed by atoms with Crippen LogP contribution in [-0.4, -0.2) is 28.0 Å². The van der Waals surface area contributed by atoms with Gasteiger partial charge in [-0.2, -0.15) is 0 Å². The fraction of sp³-hybridized carbons (Fsp3) is 0.235. The lowest BCUT2D eigenvalue weighted by molar-refractivity contribution is -0.119. The van der Waals surface area contributed by atoms with Crippen LogP contribution < -0.4 is 25.7 Å². The molecular formula is C17H23N3O5S. The van der Waals surface area contributed by atoms with Gasteiger partial charge in [-0.05, 0) is 36.4 Å². The third-order valence-electron chi connectivity index (χ3n) is 3.02. The number of primary amides is 1. The second-order valence-electron chi connectivity index (χ2n) is 4.79. The highest BCUT2D eigenvalue weighted by molar-refractivity contribution is 7.92. The van der Waals surface area contributed by atoms with Crippen LogP contribution in [0.3, 0.4) is 0 Å². The van der Waals surface area contributed by atoms with Gasteiger partial charge in [0.2, 0.25) is 0 Å². The Kier molecular flexibility index (Phi) is 7.73. The van der Waals surface area contributed by atoms with E-state index in [1.165, 1.54) is 43.5 Å². The van der Waals surface area contributed by atoms with Crippen molar-refractivity contribution in [3.8, 4) is 11.5 Å². The minimum atomic E-state index is -3.84. The number of rotatable bonds is 7. The summed E-state index contributed by atoms with van der Waals surface area (Å²) in [5.74, 6) is 0.174. The maximum atomic E-state index is 12.4. The molecule has 0 radical (unpaired) electrons. The second-order valence-corrected chi connectivity index (χ2v) is 6.47. The molecular weight excluding hydrogens is 358 g/mol. The Hall–Kier alpha value is -2.94. The van der Waals surface area contributed by atoms with Crippen LogP contribution >= 0.6 is 0 Å². The summed E-state index contributed by atoms with van der Waals surface area (Å²) in [6.45, 7) is 3.71. The Labute approximate surface area is 153 Å². The van der Waals surface area contributed by atoms with Crippen LogP contribution in [0.5, 0.6) is 11.5 Å². The number of hydrogen-bond donors (Lipinski definition) is 3. The number of hydrogen-bond acceptors (Lipinski definition) is 6. The van der Waals surface area contributed by atoms with Gasteiger partial charge in [0, 0.05) is 6.07 Å². The molecule has 0 saturated carbocycles. The first-order chi connectivity index (χ1) is 12.3. The van der Waals surface area contributed by atoms with Crippen molar-refractivity contribution in [2.24, 2.45) is 5.73 Å². The normalized spacial score (nSPS) is 10.3. The lowest BCUT2D eigenvalue weighted by Gasteiger charge is -2.12. The monoisotopic (exact) mass is 381 g/mol. The van der Waals surface area contributed by atoms with Gasteiger partial charge in [-0.15, -0.1) is 0 Å². The highest BCUT2D eigenvalue weighted by Gasteiger charge is 2.16. The van der Waals surface area contributed by atoms with E-state index in [0.717, 1.165) is 0 Å². The Morgan fingerprint density at radius 1 is 1.08 bits per heavy atom. The number of anilines is 2. The van der Waals surface area contributed by atoms with Gasteiger partial charge in [-0.3, -0.25) is 9.52 Å². The van der Waals surface area contributed by atoms with E-state index in [1.54, 1.807) is 6.07 Å². The van der Waals surface area contributed by atoms with Gasteiger partial charge in [0.15, 0.2) is 6.61 Å². The summed E-state index contributed by atoms with van der Waals surface area (Å²) >= 11 is 0. The van der Waals surface area contributed by atoms with Crippen LogP contribution in [0.25, 0.3) is 0 Å². The highest BCUT2D eigenvalue weighted by Crippen LogP contribution is 2.27. The maximum absolute atomic E-state index is 12.4. The molecule has 142 valence electrons. The summed E-state index contributed by atoms with van der Waals surface area (Å²) in [6.07, 6.45) is 0. The molecule has 0 saturated heterocycles. The van der Waals surface area contributed by atoms with E-state index in [9.17, 15) is 13.2 Å². The molecule has 2 aromatic carbocycles. The van der Waals surface area contributed by atoms with Gasteiger partial charge in [-0.1, -0.05) is 13.8 Å². The summed E-state index contributed by atoms with van der Waals surface area (Å²) in [4.78, 5) is 10.7. The predicted molar refractivity (Wildman–Crippen MR) is 101 cm³/mol. The number of sulfonamides is 1. The Morgan fingerprint density at radius 3 is 2.19 bits per heavy atom. The number of carbonyl (C=O) groups excluding carboxylic acids is 1. The van der Waals surface area contributed by atoms with Crippen molar-refractivity contribution in [2.75, 3.05) is 24.2 Å². The minimum Gasteiger partial charge on any atom is -0.497 e. The number of methoxy groups -OCH3 is 1. The smallest absolute Gasteiger partial charge is 0.261 e. The average molecular weight is 381 g/mol. The molecule has 2 aromatic rings. The fourth-order valence-electron chi connectivity index (χ4n) is 1.82. The number of benzene rings is 2. The third kappa shape index (κ3) is 5.85. The van der Waals surface area contributed by atoms with E-state index in [4.69, 9.17) is 20.9 Å². The van der Waals surface area contributed by atoms with Gasteiger partial charge >= 0.3 is 0 Å². The molecule has 9 heteroatoms. The number of nitrogens with one attached hydrogen (secondary N) is 1. The van der Waals surface area contributed by atoms with Crippen molar-refractivity contribution < 1.29 is 22.7 Å². The molecule has 0 aliphatic rings. The molecule has 0 spiro atoms. The summed E-state index contributed by atoms with van der Waals surface area (Å²) in [7, 11) is -2.37. The maximum Gasteiger partial charge on any atom is 0.261 e. The molecule has 0 unspecified atom stereocenters. The van der Waals surface area contributed by atoms with E-state index < -0.39 is 15.9 Å². The molecule has 8 nitrogen and oxygen atoms in total. The van der Waals surface area contributed by atoms with Gasteiger partial charge in [0.1, 0.15) is 11.5 Å². The Bertz CT molecular complexity index is 836. The zero-order valence-corrected chi connectivity index (χ0v) is 15.7. The van der Waals surface area contributed by atoms with E-state index in [1.807, 2.05) is 13.8 Å². The van der Waals surface area contributed by atoms with Crippen molar-refractivity contribution in [2.45, 2.75) is 18.7 Å². The number of nitrogens with two attached hydrogens (primary N) is 2. The molecule has 0 fully saturated rings. The van der Waals surface area contributed by atoms with Crippen LogP contribution in [0.15, 0.2) is 47.4 Å². The summed E-state index contributed by atoms with van der Waals surface area (Å²) in [5.41, 5.74) is 11.2. The number of ether oxygens (including phenoxy) is 2. The second kappa shape index (κ2) is 9.52. The number of amides is 1. The van der Waals surface area contributed by atoms with E-state index in [2.05, 4.69) is 4.72 Å². The van der Waals surface area contributed by atoms with Gasteiger partial charge < -0.3 is 20.9 Å². The van der Waals surface area contributed by atoms with Crippen molar-refractivity contribution >= 4 is 27.3 Å². The van der Waals surface area contributed by atoms with Crippen molar-refractivity contribution in [3.63, 3.8) is 0 Å². The molecule has 5 N–H and O–H groups in total. The molecule has 26 heavy (non-hydrogen) atoms. The SMILES string of the molecule is CC.COc1ccc(N)c(NS(=O)(=O)c2ccc(OCC(N)=O)cc2)c1. The zero-order valence-electron chi connectivity index (χ0n) is 14.9. The minimum absolute atomic E-state index is 0.0103. The Morgan fingerprint density at radius 2 is 1.65 bits per heavy atom. The van der Waals surface area contributed by atoms with Crippen molar-refractivity contribution in [3.05, 3.63) is 42.5 Å². The standard InChI is InChI=1S/C15H17N3O5S.C2H6/c1-22-11-4-7-13(16)14(8-11)18-24(20,21)12-5-2-10(3-6-12)23-9-15(17)19;1-2/h2-8,18H,9,16H2,1H3,(H2,17,19);1-2H3. The molecule has 2 rings (SSSR count). The van der Waals surface area contributed by atoms with E-state index in [0.29, 0.717) is 11.5 Å². The van der Waals surface area contributed by atoms with Gasteiger partial charge in [0.05, 0.1) is 23.4 Å². The Balaban J connectivity index is 0.00000163. The first-order valence-corrected chi connectivity index (χ1v) is 9.27. The largest absolute Gasteiger partial charge is 0.497 e. The first-order valence-electron chi connectivity index (χ1n) is 7.79. The van der Waals surface area contributed by atoms with Crippen LogP contribution in [0.4, 0.5) is 11.4 Å². The molecule has 0 heterocycles. The fourth-order valence-corrected chi connectivity index (χ4v) is 2.90. The zero-order chi connectivity index (χ0) is 19.7. The van der Waals surface area contributed by atoms with Crippen LogP contribution in [0.2, 0.25) is 0 Å². The summed E-state index contributed by atoms with van der Waals surface area (Å²) in [5, 5.41) is 0. The predicted octanol–water partition coefficient (Wildman–Crippen LogP) is 1.97. The quantitative estimate of drug-likeness (QED) is 0.628. The summed E-state index contributed by atoms with van der Waals surface area (Å²) < 4.78 is 37.3. The summed E-state index contributed by atoms with van der Waals surface area (Å²) in [6, 6.07) is 10.2. The van der Waals surface area contributed by atoms with Crippen molar-refractivity contribution in [1.29, 1.82) is 0 Å². The van der Waals surface area contributed by atoms with Crippen LogP contribution in [0.1, 0.15) is 13.8 Å². The van der Waals surface area contributed by atoms with Gasteiger partial charge in [-0.25, -0.2) is 8.42 Å². The molecule has 0 aromatic heterocycles. The third-order valence-corrected chi connectivity index (χ3v) is 4.40. The highest BCUT2D eigenvalue weighted by atomic mass is 32.2. The topological polar surface area (TPSA) is 134 Å². The number of carbonyl (C=O) groups is 1. The van der Waals surface area contributed by atoms with Crippen molar-refractivity contribution in [1.82, 2.24) is 0 Å². The molecule has 0 aliphatic heterocycles. The average Bonchev–Trinajstić information content (AvgIpc) is 2.63. The molecule has 1 amide bonds. The van der Waals surface area contributed by atoms with Crippen LogP contribution in [0, 0.1) is 0 Å². The lowest BCUT2D eigenvalue weighted by Crippen LogP contribution is -2.20. The lowest BCUT2D eigenvalue weighted by atomic mass is 10.2. The molecule has 0 bridgehead atoms. The van der Waals surface area contributed by atoms with E-state index >= 15 is 0 Å².